The lowest BCUT2D eigenvalue weighted by molar-refractivity contribution is -0.116. The number of phenols is 1. The first-order valence-corrected chi connectivity index (χ1v) is 10.8. The van der Waals surface area contributed by atoms with Gasteiger partial charge >= 0.3 is 0 Å². The monoisotopic (exact) mass is 462 g/mol. The molecule has 10 nitrogen and oxygen atoms in total. The van der Waals surface area contributed by atoms with Gasteiger partial charge in [-0.05, 0) is 56.9 Å². The fourth-order valence-electron chi connectivity index (χ4n) is 3.59. The SMILES string of the molecule is C[C@@H](Nc1c(Nc2ccc3[nH]nc(NC(=O)CCN(C)C)c3c2)c(=O)c1=O)c1cccc(O)c1. The van der Waals surface area contributed by atoms with Crippen LogP contribution in [0.5, 0.6) is 5.75 Å². The van der Waals surface area contributed by atoms with Crippen LogP contribution in [-0.2, 0) is 4.79 Å². The third kappa shape index (κ3) is 4.76. The molecule has 0 unspecified atom stereocenters. The van der Waals surface area contributed by atoms with E-state index in [-0.39, 0.29) is 29.1 Å². The molecule has 3 aromatic carbocycles. The van der Waals surface area contributed by atoms with Gasteiger partial charge in [0, 0.05) is 30.1 Å². The molecular weight excluding hydrogens is 436 g/mol. The molecule has 1 amide bonds. The predicted octanol–water partition coefficient (Wildman–Crippen LogP) is 2.67. The van der Waals surface area contributed by atoms with Crippen LogP contribution >= 0.6 is 0 Å². The molecule has 1 heterocycles. The summed E-state index contributed by atoms with van der Waals surface area (Å²) in [5.41, 5.74) is 1.19. The Morgan fingerprint density at radius 1 is 1.12 bits per heavy atom. The van der Waals surface area contributed by atoms with E-state index in [1.54, 1.807) is 36.4 Å². The number of carbonyl (C=O) groups is 1. The molecule has 176 valence electrons. The normalized spacial score (nSPS) is 12.2. The van der Waals surface area contributed by atoms with Crippen molar-refractivity contribution in [3.63, 3.8) is 0 Å². The second-order valence-electron chi connectivity index (χ2n) is 8.43. The third-order valence-corrected chi connectivity index (χ3v) is 5.52. The predicted molar refractivity (Wildman–Crippen MR) is 133 cm³/mol. The number of benzene rings is 2. The summed E-state index contributed by atoms with van der Waals surface area (Å²) in [4.78, 5) is 38.6. The summed E-state index contributed by atoms with van der Waals surface area (Å²) in [6.07, 6.45) is 0.329. The van der Waals surface area contributed by atoms with Crippen molar-refractivity contribution < 1.29 is 9.90 Å². The van der Waals surface area contributed by atoms with Crippen molar-refractivity contribution in [2.24, 2.45) is 0 Å². The molecule has 0 aliphatic rings. The molecule has 0 aliphatic heterocycles. The number of rotatable bonds is 9. The summed E-state index contributed by atoms with van der Waals surface area (Å²) in [5, 5.41) is 26.3. The maximum absolute atomic E-state index is 12.3. The largest absolute Gasteiger partial charge is 0.508 e. The highest BCUT2D eigenvalue weighted by Crippen LogP contribution is 2.29. The Kier molecular flexibility index (Phi) is 6.33. The fourth-order valence-corrected chi connectivity index (χ4v) is 3.59. The number of aromatic hydroxyl groups is 1. The molecule has 10 heteroatoms. The van der Waals surface area contributed by atoms with Crippen LogP contribution in [-0.4, -0.2) is 46.8 Å². The second-order valence-corrected chi connectivity index (χ2v) is 8.43. The minimum Gasteiger partial charge on any atom is -0.508 e. The number of aromatic nitrogens is 2. The van der Waals surface area contributed by atoms with Crippen molar-refractivity contribution in [2.45, 2.75) is 19.4 Å². The van der Waals surface area contributed by atoms with E-state index in [1.807, 2.05) is 32.0 Å². The fraction of sp³-hybridized carbons (Fsp3) is 0.250. The van der Waals surface area contributed by atoms with E-state index in [0.29, 0.717) is 35.4 Å². The number of nitrogens with zero attached hydrogens (tertiary/aromatic N) is 2. The van der Waals surface area contributed by atoms with E-state index in [9.17, 15) is 19.5 Å². The van der Waals surface area contributed by atoms with E-state index in [0.717, 1.165) is 5.56 Å². The van der Waals surface area contributed by atoms with E-state index in [2.05, 4.69) is 26.1 Å². The number of hydrogen-bond donors (Lipinski definition) is 5. The summed E-state index contributed by atoms with van der Waals surface area (Å²) in [5.74, 6) is 0.353. The van der Waals surface area contributed by atoms with Gasteiger partial charge in [-0.15, -0.1) is 0 Å². The number of hydrogen-bond acceptors (Lipinski definition) is 8. The first-order chi connectivity index (χ1) is 16.2. The average molecular weight is 463 g/mol. The van der Waals surface area contributed by atoms with E-state index < -0.39 is 10.9 Å². The Labute approximate surface area is 195 Å². The number of nitrogens with one attached hydrogen (secondary N) is 4. The highest BCUT2D eigenvalue weighted by Gasteiger charge is 2.23. The number of H-pyrrole nitrogens is 1. The highest BCUT2D eigenvalue weighted by atomic mass is 16.3. The molecule has 5 N–H and O–H groups in total. The molecule has 0 saturated carbocycles. The number of fused-ring (bicyclic) bond motifs is 1. The van der Waals surface area contributed by atoms with Crippen LogP contribution in [0.1, 0.15) is 24.9 Å². The zero-order valence-electron chi connectivity index (χ0n) is 19.1. The van der Waals surface area contributed by atoms with Gasteiger partial charge in [0.1, 0.15) is 17.1 Å². The van der Waals surface area contributed by atoms with E-state index >= 15 is 0 Å². The summed E-state index contributed by atoms with van der Waals surface area (Å²) < 4.78 is 0. The van der Waals surface area contributed by atoms with Gasteiger partial charge in [-0.2, -0.15) is 5.10 Å². The van der Waals surface area contributed by atoms with Crippen molar-refractivity contribution in [3.05, 3.63) is 68.5 Å². The summed E-state index contributed by atoms with van der Waals surface area (Å²) in [6, 6.07) is 11.6. The Morgan fingerprint density at radius 2 is 1.88 bits per heavy atom. The Bertz CT molecular complexity index is 1420. The van der Waals surface area contributed by atoms with Crippen LogP contribution in [0.15, 0.2) is 52.1 Å². The zero-order chi connectivity index (χ0) is 24.4. The standard InChI is InChI=1S/C24H26N6O4/c1-13(14-5-4-6-16(31)11-14)25-20-21(23(34)22(20)33)26-15-7-8-18-17(12-15)24(29-28-18)27-19(32)9-10-30(2)3/h4-8,11-13,25-26,31H,9-10H2,1-3H3,(H2,27,28,29,32)/t13-/m1/s1. The van der Waals surface area contributed by atoms with Gasteiger partial charge in [0.25, 0.3) is 10.9 Å². The molecule has 4 rings (SSSR count). The van der Waals surface area contributed by atoms with Crippen molar-refractivity contribution in [2.75, 3.05) is 36.6 Å². The maximum Gasteiger partial charge on any atom is 0.253 e. The molecule has 0 radical (unpaired) electrons. The van der Waals surface area contributed by atoms with Crippen LogP contribution in [0.25, 0.3) is 10.9 Å². The van der Waals surface area contributed by atoms with Crippen LogP contribution in [0.2, 0.25) is 0 Å². The molecule has 0 saturated heterocycles. The van der Waals surface area contributed by atoms with Gasteiger partial charge in [-0.3, -0.25) is 19.5 Å². The van der Waals surface area contributed by atoms with Gasteiger partial charge in [0.05, 0.1) is 5.52 Å². The zero-order valence-corrected chi connectivity index (χ0v) is 19.1. The second kappa shape index (κ2) is 9.36. The number of carbonyl (C=O) groups excluding carboxylic acids is 1. The van der Waals surface area contributed by atoms with Crippen molar-refractivity contribution in [3.8, 4) is 5.75 Å². The Morgan fingerprint density at radius 3 is 2.62 bits per heavy atom. The summed E-state index contributed by atoms with van der Waals surface area (Å²) in [6.45, 7) is 2.44. The molecular formula is C24H26N6O4. The van der Waals surface area contributed by atoms with Crippen molar-refractivity contribution in [1.29, 1.82) is 0 Å². The molecule has 34 heavy (non-hydrogen) atoms. The third-order valence-electron chi connectivity index (χ3n) is 5.52. The Balaban J connectivity index is 1.53. The molecule has 1 atom stereocenters. The lowest BCUT2D eigenvalue weighted by Crippen LogP contribution is -2.37. The number of aromatic amines is 1. The number of anilines is 4. The first-order valence-electron chi connectivity index (χ1n) is 10.8. The number of amides is 1. The molecule has 0 bridgehead atoms. The van der Waals surface area contributed by atoms with E-state index in [4.69, 9.17) is 0 Å². The van der Waals surface area contributed by atoms with Crippen molar-refractivity contribution >= 4 is 39.7 Å². The van der Waals surface area contributed by atoms with Crippen LogP contribution in [0.3, 0.4) is 0 Å². The highest BCUT2D eigenvalue weighted by molar-refractivity contribution is 6.01. The first kappa shape index (κ1) is 23.0. The van der Waals surface area contributed by atoms with Gasteiger partial charge in [0.15, 0.2) is 5.82 Å². The minimum absolute atomic E-state index is 0.118. The summed E-state index contributed by atoms with van der Waals surface area (Å²) >= 11 is 0. The van der Waals surface area contributed by atoms with Gasteiger partial charge in [-0.1, -0.05) is 12.1 Å². The van der Waals surface area contributed by atoms with Gasteiger partial charge in [-0.25, -0.2) is 0 Å². The van der Waals surface area contributed by atoms with Crippen LogP contribution in [0, 0.1) is 0 Å². The number of phenolic OH excluding ortho intramolecular Hbond substituents is 1. The molecule has 0 spiro atoms. The smallest absolute Gasteiger partial charge is 0.253 e. The molecule has 4 aromatic rings. The van der Waals surface area contributed by atoms with Crippen LogP contribution < -0.4 is 26.8 Å². The van der Waals surface area contributed by atoms with E-state index in [1.165, 1.54) is 0 Å². The summed E-state index contributed by atoms with van der Waals surface area (Å²) in [7, 11) is 3.79. The average Bonchev–Trinajstić information content (AvgIpc) is 3.21. The molecule has 0 aliphatic carbocycles. The van der Waals surface area contributed by atoms with Crippen LogP contribution in [0.4, 0.5) is 22.9 Å². The minimum atomic E-state index is -0.616. The topological polar surface area (TPSA) is 139 Å². The molecule has 1 aromatic heterocycles. The van der Waals surface area contributed by atoms with Gasteiger partial charge < -0.3 is 26.0 Å². The lowest BCUT2D eigenvalue weighted by Gasteiger charge is -2.20. The lowest BCUT2D eigenvalue weighted by atomic mass is 10.1. The molecule has 0 fully saturated rings. The van der Waals surface area contributed by atoms with Crippen molar-refractivity contribution in [1.82, 2.24) is 15.1 Å². The quantitative estimate of drug-likeness (QED) is 0.239. The van der Waals surface area contributed by atoms with Gasteiger partial charge in [0.2, 0.25) is 5.91 Å². The maximum atomic E-state index is 12.3. The Hall–Kier alpha value is -4.18.